The highest BCUT2D eigenvalue weighted by Gasteiger charge is 2.23. The molecule has 1 aliphatic rings. The Kier molecular flexibility index (Phi) is 7.37. The van der Waals surface area contributed by atoms with Crippen LogP contribution >= 0.6 is 15.9 Å². The Hall–Kier alpha value is -1.27. The van der Waals surface area contributed by atoms with Gasteiger partial charge >= 0.3 is 0 Å². The zero-order valence-electron chi connectivity index (χ0n) is 14.8. The van der Waals surface area contributed by atoms with Gasteiger partial charge in [0, 0.05) is 23.4 Å². The summed E-state index contributed by atoms with van der Waals surface area (Å²) in [6, 6.07) is 4.00. The maximum atomic E-state index is 12.4. The van der Waals surface area contributed by atoms with Crippen LogP contribution in [0.25, 0.3) is 0 Å². The lowest BCUT2D eigenvalue weighted by Gasteiger charge is -2.29. The number of quaternary nitrogens is 1. The SMILES string of the molecule is CCC[NH+]1CCC(NC(=O)Cc2cc(OC)c(OC)cc2Br)CC1. The number of halogens is 1. The van der Waals surface area contributed by atoms with Gasteiger partial charge in [-0.05, 0) is 24.1 Å². The summed E-state index contributed by atoms with van der Waals surface area (Å²) in [6.45, 7) is 5.76. The third-order valence-electron chi connectivity index (χ3n) is 4.56. The highest BCUT2D eigenvalue weighted by Crippen LogP contribution is 2.33. The topological polar surface area (TPSA) is 52.0 Å². The highest BCUT2D eigenvalue weighted by molar-refractivity contribution is 9.10. The van der Waals surface area contributed by atoms with Gasteiger partial charge < -0.3 is 19.7 Å². The van der Waals surface area contributed by atoms with Gasteiger partial charge in [-0.15, -0.1) is 0 Å². The van der Waals surface area contributed by atoms with Gasteiger partial charge in [-0.25, -0.2) is 0 Å². The monoisotopic (exact) mass is 399 g/mol. The molecular formula is C18H28BrN2O3+. The predicted octanol–water partition coefficient (Wildman–Crippen LogP) is 1.58. The van der Waals surface area contributed by atoms with Gasteiger partial charge in [-0.1, -0.05) is 22.9 Å². The molecule has 1 aliphatic heterocycles. The molecule has 1 fully saturated rings. The van der Waals surface area contributed by atoms with E-state index in [1.807, 2.05) is 12.1 Å². The van der Waals surface area contributed by atoms with Crippen molar-refractivity contribution in [2.24, 2.45) is 0 Å². The zero-order valence-corrected chi connectivity index (χ0v) is 16.4. The van der Waals surface area contributed by atoms with Gasteiger partial charge in [0.15, 0.2) is 11.5 Å². The average Bonchev–Trinajstić information content (AvgIpc) is 2.58. The molecule has 0 spiro atoms. The van der Waals surface area contributed by atoms with Crippen LogP contribution in [0, 0.1) is 0 Å². The number of piperidine rings is 1. The first-order chi connectivity index (χ1) is 11.6. The van der Waals surface area contributed by atoms with E-state index in [-0.39, 0.29) is 5.91 Å². The fourth-order valence-electron chi connectivity index (χ4n) is 3.26. The van der Waals surface area contributed by atoms with Gasteiger partial charge in [0.05, 0.1) is 40.3 Å². The average molecular weight is 400 g/mol. The van der Waals surface area contributed by atoms with E-state index in [0.29, 0.717) is 24.0 Å². The number of carbonyl (C=O) groups is 1. The molecule has 6 heteroatoms. The lowest BCUT2D eigenvalue weighted by molar-refractivity contribution is -0.905. The van der Waals surface area contributed by atoms with Crippen LogP contribution in [0.4, 0.5) is 0 Å². The maximum Gasteiger partial charge on any atom is 0.224 e. The fraction of sp³-hybridized carbons (Fsp3) is 0.611. The standard InChI is InChI=1S/C18H27BrN2O3/c1-4-7-21-8-5-14(6-9-21)20-18(22)11-13-10-16(23-2)17(24-3)12-15(13)19/h10,12,14H,4-9,11H2,1-3H3,(H,20,22)/p+1. The fourth-order valence-corrected chi connectivity index (χ4v) is 3.72. The number of amides is 1. The van der Waals surface area contributed by atoms with Crippen LogP contribution < -0.4 is 19.7 Å². The quantitative estimate of drug-likeness (QED) is 0.731. The summed E-state index contributed by atoms with van der Waals surface area (Å²) in [4.78, 5) is 14.0. The molecule has 0 aromatic heterocycles. The molecule has 0 unspecified atom stereocenters. The first-order valence-corrected chi connectivity index (χ1v) is 9.40. The van der Waals surface area contributed by atoms with E-state index < -0.39 is 0 Å². The highest BCUT2D eigenvalue weighted by atomic mass is 79.9. The zero-order chi connectivity index (χ0) is 17.5. The summed E-state index contributed by atoms with van der Waals surface area (Å²) in [5.74, 6) is 1.35. The second-order valence-corrected chi connectivity index (χ2v) is 7.17. The molecule has 2 rings (SSSR count). The Morgan fingerprint density at radius 2 is 1.88 bits per heavy atom. The van der Waals surface area contributed by atoms with Crippen molar-refractivity contribution in [3.8, 4) is 11.5 Å². The van der Waals surface area contributed by atoms with Gasteiger partial charge in [0.25, 0.3) is 0 Å². The van der Waals surface area contributed by atoms with E-state index in [0.717, 1.165) is 36.0 Å². The summed E-state index contributed by atoms with van der Waals surface area (Å²) >= 11 is 3.51. The number of likely N-dealkylation sites (tertiary alicyclic amines) is 1. The van der Waals surface area contributed by atoms with Crippen LogP contribution in [0.1, 0.15) is 31.7 Å². The minimum atomic E-state index is 0.0619. The van der Waals surface area contributed by atoms with Crippen molar-refractivity contribution >= 4 is 21.8 Å². The molecular weight excluding hydrogens is 372 g/mol. The summed E-state index contributed by atoms with van der Waals surface area (Å²) < 4.78 is 11.4. The van der Waals surface area contributed by atoms with Crippen molar-refractivity contribution in [2.45, 2.75) is 38.6 Å². The number of hydrogen-bond donors (Lipinski definition) is 2. The molecule has 5 nitrogen and oxygen atoms in total. The third kappa shape index (κ3) is 5.11. The number of methoxy groups -OCH3 is 2. The lowest BCUT2D eigenvalue weighted by atomic mass is 10.0. The van der Waals surface area contributed by atoms with E-state index in [1.165, 1.54) is 13.0 Å². The van der Waals surface area contributed by atoms with E-state index in [2.05, 4.69) is 28.2 Å². The Balaban J connectivity index is 1.91. The minimum Gasteiger partial charge on any atom is -0.493 e. The van der Waals surface area contributed by atoms with Crippen LogP contribution in [0.3, 0.4) is 0 Å². The van der Waals surface area contributed by atoms with Crippen LogP contribution in [-0.4, -0.2) is 45.8 Å². The van der Waals surface area contributed by atoms with Crippen molar-refractivity contribution in [2.75, 3.05) is 33.9 Å². The van der Waals surface area contributed by atoms with Gasteiger partial charge in [-0.3, -0.25) is 4.79 Å². The largest absolute Gasteiger partial charge is 0.493 e. The van der Waals surface area contributed by atoms with Crippen molar-refractivity contribution in [1.29, 1.82) is 0 Å². The smallest absolute Gasteiger partial charge is 0.224 e. The number of benzene rings is 1. The molecule has 1 amide bonds. The molecule has 0 bridgehead atoms. The van der Waals surface area contributed by atoms with Gasteiger partial charge in [0.1, 0.15) is 0 Å². The Morgan fingerprint density at radius 1 is 1.25 bits per heavy atom. The van der Waals surface area contributed by atoms with Crippen LogP contribution in [-0.2, 0) is 11.2 Å². The molecule has 1 aromatic rings. The summed E-state index contributed by atoms with van der Waals surface area (Å²) in [5.41, 5.74) is 0.902. The lowest BCUT2D eigenvalue weighted by Crippen LogP contribution is -3.13. The second kappa shape index (κ2) is 9.28. The molecule has 134 valence electrons. The number of carbonyl (C=O) groups excluding carboxylic acids is 1. The van der Waals surface area contributed by atoms with Crippen molar-refractivity contribution in [3.05, 3.63) is 22.2 Å². The first kappa shape index (κ1) is 19.1. The van der Waals surface area contributed by atoms with Crippen molar-refractivity contribution in [1.82, 2.24) is 5.32 Å². The molecule has 0 radical (unpaired) electrons. The first-order valence-electron chi connectivity index (χ1n) is 8.60. The summed E-state index contributed by atoms with van der Waals surface area (Å²) in [7, 11) is 3.20. The molecule has 1 saturated heterocycles. The molecule has 0 atom stereocenters. The normalized spacial score (nSPS) is 20.5. The molecule has 1 heterocycles. The maximum absolute atomic E-state index is 12.4. The molecule has 1 aromatic carbocycles. The van der Waals surface area contributed by atoms with Crippen LogP contribution in [0.2, 0.25) is 0 Å². The Bertz CT molecular complexity index is 557. The van der Waals surface area contributed by atoms with E-state index in [4.69, 9.17) is 9.47 Å². The number of hydrogen-bond acceptors (Lipinski definition) is 3. The number of nitrogens with one attached hydrogen (secondary N) is 2. The van der Waals surface area contributed by atoms with Gasteiger partial charge in [0.2, 0.25) is 5.91 Å². The molecule has 2 N–H and O–H groups in total. The van der Waals surface area contributed by atoms with E-state index >= 15 is 0 Å². The summed E-state index contributed by atoms with van der Waals surface area (Å²) in [6.07, 6.45) is 3.69. The van der Waals surface area contributed by atoms with Crippen LogP contribution in [0.5, 0.6) is 11.5 Å². The minimum absolute atomic E-state index is 0.0619. The molecule has 0 aliphatic carbocycles. The van der Waals surface area contributed by atoms with Crippen molar-refractivity contribution in [3.63, 3.8) is 0 Å². The van der Waals surface area contributed by atoms with E-state index in [9.17, 15) is 4.79 Å². The number of ether oxygens (including phenoxy) is 2. The van der Waals surface area contributed by atoms with Gasteiger partial charge in [-0.2, -0.15) is 0 Å². The van der Waals surface area contributed by atoms with E-state index in [1.54, 1.807) is 19.1 Å². The Labute approximate surface area is 152 Å². The molecule has 24 heavy (non-hydrogen) atoms. The summed E-state index contributed by atoms with van der Waals surface area (Å²) in [5, 5.41) is 3.18. The van der Waals surface area contributed by atoms with Crippen LogP contribution in [0.15, 0.2) is 16.6 Å². The predicted molar refractivity (Wildman–Crippen MR) is 98.0 cm³/mol. The third-order valence-corrected chi connectivity index (χ3v) is 5.30. The number of rotatable bonds is 7. The molecule has 0 saturated carbocycles. The second-order valence-electron chi connectivity index (χ2n) is 6.32. The Morgan fingerprint density at radius 3 is 2.46 bits per heavy atom. The van der Waals surface area contributed by atoms with Crippen molar-refractivity contribution < 1.29 is 19.2 Å².